The molecule has 0 amide bonds. The number of rotatable bonds is 3. The number of H-pyrrole nitrogens is 1. The highest BCUT2D eigenvalue weighted by atomic mass is 32.1. The summed E-state index contributed by atoms with van der Waals surface area (Å²) >= 11 is 0.892. The quantitative estimate of drug-likeness (QED) is 0.851. The lowest BCUT2D eigenvalue weighted by molar-refractivity contribution is 0.104. The summed E-state index contributed by atoms with van der Waals surface area (Å²) in [5, 5.41) is 0. The highest BCUT2D eigenvalue weighted by molar-refractivity contribution is 7.11. The number of hydrogen-bond acceptors (Lipinski definition) is 3. The minimum absolute atomic E-state index is 0.243. The van der Waals surface area contributed by atoms with E-state index in [-0.39, 0.29) is 16.5 Å². The minimum Gasteiger partial charge on any atom is -0.316 e. The molecule has 0 saturated carbocycles. The lowest BCUT2D eigenvalue weighted by Crippen LogP contribution is -2.02. The van der Waals surface area contributed by atoms with Gasteiger partial charge < -0.3 is 4.98 Å². The molecule has 3 nitrogen and oxygen atoms in total. The maximum absolute atomic E-state index is 12.7. The number of halogens is 1. The number of hydrogen-bond donors (Lipinski definition) is 1. The van der Waals surface area contributed by atoms with Gasteiger partial charge in [0, 0.05) is 11.3 Å². The van der Waals surface area contributed by atoms with Crippen LogP contribution >= 0.6 is 11.3 Å². The van der Waals surface area contributed by atoms with Gasteiger partial charge in [-0.1, -0.05) is 18.3 Å². The van der Waals surface area contributed by atoms with E-state index in [1.165, 1.54) is 24.3 Å². The van der Waals surface area contributed by atoms with Crippen molar-refractivity contribution in [2.75, 3.05) is 0 Å². The summed E-state index contributed by atoms with van der Waals surface area (Å²) in [5.41, 5.74) is 1.02. The molecular formula is C12H10FNO2S. The molecule has 1 heterocycles. The maximum Gasteiger partial charge on any atom is 0.305 e. The number of nitrogens with one attached hydrogen (secondary N) is 1. The number of benzene rings is 1. The third-order valence-corrected chi connectivity index (χ3v) is 3.31. The normalized spacial score (nSPS) is 10.5. The number of thiazole rings is 1. The van der Waals surface area contributed by atoms with Crippen LogP contribution in [0, 0.1) is 5.82 Å². The van der Waals surface area contributed by atoms with E-state index in [9.17, 15) is 14.0 Å². The van der Waals surface area contributed by atoms with Crippen LogP contribution in [0.15, 0.2) is 29.1 Å². The molecule has 5 heteroatoms. The molecule has 1 aromatic carbocycles. The van der Waals surface area contributed by atoms with E-state index in [0.29, 0.717) is 22.6 Å². The molecule has 0 aliphatic heterocycles. The summed E-state index contributed by atoms with van der Waals surface area (Å²) in [5.74, 6) is -0.635. The van der Waals surface area contributed by atoms with Crippen LogP contribution in [0.3, 0.4) is 0 Å². The van der Waals surface area contributed by atoms with E-state index in [2.05, 4.69) is 4.98 Å². The first-order valence-corrected chi connectivity index (χ1v) is 5.95. The van der Waals surface area contributed by atoms with Gasteiger partial charge in [-0.2, -0.15) is 0 Å². The van der Waals surface area contributed by atoms with Crippen molar-refractivity contribution in [3.8, 4) is 0 Å². The summed E-state index contributed by atoms with van der Waals surface area (Å²) in [6.45, 7) is 1.86. The second-order valence-electron chi connectivity index (χ2n) is 3.51. The second kappa shape index (κ2) is 4.63. The standard InChI is InChI=1S/C12H10FNO2S/c1-2-9-11(17-12(16)14-9)10(15)7-3-5-8(13)6-4-7/h3-6H,2H2,1H3,(H,14,16). The molecule has 0 aliphatic rings. The summed E-state index contributed by atoms with van der Waals surface area (Å²) in [7, 11) is 0. The Morgan fingerprint density at radius 2 is 2.00 bits per heavy atom. The van der Waals surface area contributed by atoms with Crippen molar-refractivity contribution < 1.29 is 9.18 Å². The van der Waals surface area contributed by atoms with Gasteiger partial charge in [0.25, 0.3) is 0 Å². The molecule has 17 heavy (non-hydrogen) atoms. The fourth-order valence-corrected chi connectivity index (χ4v) is 2.41. The zero-order chi connectivity index (χ0) is 12.4. The Balaban J connectivity index is 2.43. The molecule has 1 aromatic heterocycles. The van der Waals surface area contributed by atoms with Crippen molar-refractivity contribution in [3.63, 3.8) is 0 Å². The number of carbonyl (C=O) groups excluding carboxylic acids is 1. The fourth-order valence-electron chi connectivity index (χ4n) is 1.52. The van der Waals surface area contributed by atoms with Gasteiger partial charge in [-0.25, -0.2) is 4.39 Å². The number of aryl methyl sites for hydroxylation is 1. The van der Waals surface area contributed by atoms with Crippen LogP contribution < -0.4 is 4.87 Å². The molecule has 0 atom stereocenters. The first-order valence-electron chi connectivity index (χ1n) is 5.14. The zero-order valence-electron chi connectivity index (χ0n) is 9.12. The first kappa shape index (κ1) is 11.7. The van der Waals surface area contributed by atoms with Crippen LogP contribution in [0.4, 0.5) is 4.39 Å². The third-order valence-electron chi connectivity index (χ3n) is 2.39. The highest BCUT2D eigenvalue weighted by Crippen LogP contribution is 2.16. The Kier molecular flexibility index (Phi) is 3.19. The van der Waals surface area contributed by atoms with Crippen LogP contribution in [0.1, 0.15) is 27.9 Å². The topological polar surface area (TPSA) is 49.9 Å². The summed E-state index contributed by atoms with van der Waals surface area (Å²) in [6.07, 6.45) is 0.584. The van der Waals surface area contributed by atoms with Crippen LogP contribution in [0.2, 0.25) is 0 Å². The van der Waals surface area contributed by atoms with Crippen molar-refractivity contribution in [2.45, 2.75) is 13.3 Å². The molecule has 0 unspecified atom stereocenters. The molecule has 88 valence electrons. The molecule has 0 spiro atoms. The van der Waals surface area contributed by atoms with E-state index >= 15 is 0 Å². The van der Waals surface area contributed by atoms with Crippen molar-refractivity contribution in [3.05, 3.63) is 55.9 Å². The number of aromatic nitrogens is 1. The Morgan fingerprint density at radius 3 is 2.59 bits per heavy atom. The molecule has 0 aliphatic carbocycles. The molecule has 0 saturated heterocycles. The zero-order valence-corrected chi connectivity index (χ0v) is 9.94. The first-order chi connectivity index (χ1) is 8.11. The molecule has 0 radical (unpaired) electrons. The van der Waals surface area contributed by atoms with Gasteiger partial charge in [-0.05, 0) is 30.7 Å². The monoisotopic (exact) mass is 251 g/mol. The maximum atomic E-state index is 12.7. The third kappa shape index (κ3) is 2.34. The Morgan fingerprint density at radius 1 is 1.35 bits per heavy atom. The highest BCUT2D eigenvalue weighted by Gasteiger charge is 2.16. The molecule has 1 N–H and O–H groups in total. The van der Waals surface area contributed by atoms with E-state index in [4.69, 9.17) is 0 Å². The number of carbonyl (C=O) groups is 1. The second-order valence-corrected chi connectivity index (χ2v) is 4.49. The molecule has 0 bridgehead atoms. The van der Waals surface area contributed by atoms with E-state index < -0.39 is 0 Å². The predicted molar refractivity (Wildman–Crippen MR) is 64.2 cm³/mol. The predicted octanol–water partition coefficient (Wildman–Crippen LogP) is 2.37. The van der Waals surface area contributed by atoms with Gasteiger partial charge in [0.1, 0.15) is 5.82 Å². The van der Waals surface area contributed by atoms with Crippen molar-refractivity contribution in [1.82, 2.24) is 4.98 Å². The largest absolute Gasteiger partial charge is 0.316 e. The summed E-state index contributed by atoms with van der Waals surface area (Å²) in [6, 6.07) is 5.30. The average Bonchev–Trinajstić information content (AvgIpc) is 2.70. The smallest absolute Gasteiger partial charge is 0.305 e. The van der Waals surface area contributed by atoms with E-state index in [1.54, 1.807) is 0 Å². The Hall–Kier alpha value is -1.75. The van der Waals surface area contributed by atoms with E-state index in [0.717, 1.165) is 11.3 Å². The van der Waals surface area contributed by atoms with Gasteiger partial charge in [-0.15, -0.1) is 0 Å². The van der Waals surface area contributed by atoms with Gasteiger partial charge in [0.15, 0.2) is 0 Å². The lowest BCUT2D eigenvalue weighted by atomic mass is 10.1. The molecule has 2 aromatic rings. The molecular weight excluding hydrogens is 241 g/mol. The van der Waals surface area contributed by atoms with Crippen LogP contribution in [-0.2, 0) is 6.42 Å². The van der Waals surface area contributed by atoms with Crippen LogP contribution in [0.25, 0.3) is 0 Å². The summed E-state index contributed by atoms with van der Waals surface area (Å²) < 4.78 is 12.7. The molecule has 2 rings (SSSR count). The Bertz CT molecular complexity index is 598. The number of ketones is 1. The van der Waals surface area contributed by atoms with E-state index in [1.807, 2.05) is 6.92 Å². The average molecular weight is 251 g/mol. The molecule has 0 fully saturated rings. The van der Waals surface area contributed by atoms with Gasteiger partial charge >= 0.3 is 4.87 Å². The summed E-state index contributed by atoms with van der Waals surface area (Å²) in [4.78, 5) is 26.1. The van der Waals surface area contributed by atoms with Gasteiger partial charge in [0.05, 0.1) is 4.88 Å². The van der Waals surface area contributed by atoms with Crippen LogP contribution in [0.5, 0.6) is 0 Å². The Labute approximate surface area is 101 Å². The number of aromatic amines is 1. The fraction of sp³-hybridized carbons (Fsp3) is 0.167. The SMILES string of the molecule is CCc1[nH]c(=O)sc1C(=O)c1ccc(F)cc1. The van der Waals surface area contributed by atoms with Crippen molar-refractivity contribution in [1.29, 1.82) is 0 Å². The lowest BCUT2D eigenvalue weighted by Gasteiger charge is -2.00. The van der Waals surface area contributed by atoms with Gasteiger partial charge in [0.2, 0.25) is 5.78 Å². The van der Waals surface area contributed by atoms with Gasteiger partial charge in [-0.3, -0.25) is 9.59 Å². The minimum atomic E-state index is -0.389. The van der Waals surface area contributed by atoms with Crippen LogP contribution in [-0.4, -0.2) is 10.8 Å². The van der Waals surface area contributed by atoms with Crippen molar-refractivity contribution >= 4 is 17.1 Å². The van der Waals surface area contributed by atoms with Crippen molar-refractivity contribution in [2.24, 2.45) is 0 Å².